The van der Waals surface area contributed by atoms with Crippen LogP contribution < -0.4 is 9.47 Å². The first-order valence-corrected chi connectivity index (χ1v) is 11.2. The number of aliphatic carboxylic acids is 1. The minimum atomic E-state index is -0.837. The highest BCUT2D eigenvalue weighted by Crippen LogP contribution is 2.42. The molecule has 34 heavy (non-hydrogen) atoms. The number of carbonyl (C=O) groups is 1. The molecule has 1 N–H and O–H groups in total. The molecule has 2 atom stereocenters. The van der Waals surface area contributed by atoms with Crippen molar-refractivity contribution in [2.45, 2.75) is 37.7 Å². The second kappa shape index (κ2) is 8.92. The minimum absolute atomic E-state index is 0.0461. The van der Waals surface area contributed by atoms with E-state index in [1.165, 1.54) is 0 Å². The van der Waals surface area contributed by atoms with Crippen LogP contribution in [0.3, 0.4) is 0 Å². The van der Waals surface area contributed by atoms with E-state index in [0.29, 0.717) is 35.7 Å². The Bertz CT molecular complexity index is 1370. The fourth-order valence-electron chi connectivity index (χ4n) is 5.00. The first-order valence-electron chi connectivity index (χ1n) is 11.2. The number of fused-ring (bicyclic) bond motifs is 2. The molecule has 3 aromatic carbocycles. The Morgan fingerprint density at radius 2 is 1.94 bits per heavy atom. The van der Waals surface area contributed by atoms with Crippen LogP contribution >= 0.6 is 0 Å². The number of nitriles is 2. The zero-order valence-electron chi connectivity index (χ0n) is 18.5. The van der Waals surface area contributed by atoms with Gasteiger partial charge in [-0.25, -0.2) is 0 Å². The van der Waals surface area contributed by atoms with Crippen molar-refractivity contribution in [3.63, 3.8) is 0 Å². The van der Waals surface area contributed by atoms with Gasteiger partial charge in [-0.15, -0.1) is 0 Å². The number of carboxylic acids is 1. The van der Waals surface area contributed by atoms with Crippen LogP contribution in [0.2, 0.25) is 0 Å². The topological polar surface area (TPSA) is 103 Å². The van der Waals surface area contributed by atoms with E-state index >= 15 is 0 Å². The molecule has 3 aromatic rings. The Hall–Kier alpha value is -4.29. The standard InChI is InChI=1S/C28H22N2O4/c29-14-18-3-1-2-17(10-18)11-25-19(15-30)4-6-24-23(25)8-9-26(24)34-21-5-7-22-20(12-28(31)32)16-33-27(22)13-21/h1-7,10,13,20,26H,8-9,11-12,16H2,(H,31,32). The van der Waals surface area contributed by atoms with Gasteiger partial charge in [-0.3, -0.25) is 4.79 Å². The summed E-state index contributed by atoms with van der Waals surface area (Å²) in [5.74, 6) is 0.386. The van der Waals surface area contributed by atoms with Gasteiger partial charge in [0.25, 0.3) is 0 Å². The Balaban J connectivity index is 1.40. The van der Waals surface area contributed by atoms with Crippen molar-refractivity contribution in [3.8, 4) is 23.6 Å². The molecule has 2 unspecified atom stereocenters. The Morgan fingerprint density at radius 1 is 1.09 bits per heavy atom. The third kappa shape index (κ3) is 4.07. The molecule has 0 saturated heterocycles. The molecule has 0 radical (unpaired) electrons. The number of carboxylic acid groups (broad SMARTS) is 1. The van der Waals surface area contributed by atoms with Crippen LogP contribution in [-0.4, -0.2) is 17.7 Å². The lowest BCUT2D eigenvalue weighted by Gasteiger charge is -2.17. The summed E-state index contributed by atoms with van der Waals surface area (Å²) in [7, 11) is 0. The molecule has 1 aliphatic carbocycles. The molecule has 0 amide bonds. The van der Waals surface area contributed by atoms with Crippen molar-refractivity contribution in [2.75, 3.05) is 6.61 Å². The van der Waals surface area contributed by atoms with Crippen molar-refractivity contribution >= 4 is 5.97 Å². The van der Waals surface area contributed by atoms with E-state index < -0.39 is 5.97 Å². The largest absolute Gasteiger partial charge is 0.492 e. The lowest BCUT2D eigenvalue weighted by Crippen LogP contribution is -2.07. The maximum Gasteiger partial charge on any atom is 0.304 e. The van der Waals surface area contributed by atoms with Gasteiger partial charge < -0.3 is 14.6 Å². The van der Waals surface area contributed by atoms with Gasteiger partial charge in [0.15, 0.2) is 0 Å². The molecule has 0 spiro atoms. The summed E-state index contributed by atoms with van der Waals surface area (Å²) >= 11 is 0. The molecule has 1 heterocycles. The summed E-state index contributed by atoms with van der Waals surface area (Å²) in [6.45, 7) is 0.366. The molecule has 0 aromatic heterocycles. The van der Waals surface area contributed by atoms with Crippen molar-refractivity contribution in [3.05, 3.63) is 93.5 Å². The van der Waals surface area contributed by atoms with Crippen LogP contribution in [0, 0.1) is 22.7 Å². The summed E-state index contributed by atoms with van der Waals surface area (Å²) in [5, 5.41) is 28.0. The molecule has 2 aliphatic rings. The summed E-state index contributed by atoms with van der Waals surface area (Å²) < 4.78 is 12.1. The van der Waals surface area contributed by atoms with Crippen molar-refractivity contribution in [1.82, 2.24) is 0 Å². The van der Waals surface area contributed by atoms with E-state index in [1.54, 1.807) is 6.07 Å². The molecule has 5 rings (SSSR count). The molecular weight excluding hydrogens is 428 g/mol. The van der Waals surface area contributed by atoms with Crippen LogP contribution in [0.4, 0.5) is 0 Å². The average molecular weight is 450 g/mol. The Labute approximate surface area is 197 Å². The van der Waals surface area contributed by atoms with E-state index in [1.807, 2.05) is 48.5 Å². The monoisotopic (exact) mass is 450 g/mol. The average Bonchev–Trinajstić information content (AvgIpc) is 3.43. The summed E-state index contributed by atoms with van der Waals surface area (Å²) in [5.41, 5.74) is 6.38. The maximum absolute atomic E-state index is 11.1. The molecule has 6 nitrogen and oxygen atoms in total. The van der Waals surface area contributed by atoms with Crippen LogP contribution in [0.15, 0.2) is 54.6 Å². The van der Waals surface area contributed by atoms with Gasteiger partial charge in [-0.05, 0) is 65.8 Å². The summed E-state index contributed by atoms with van der Waals surface area (Å²) in [6.07, 6.45) is 2.11. The molecule has 0 saturated carbocycles. The molecule has 6 heteroatoms. The smallest absolute Gasteiger partial charge is 0.304 e. The van der Waals surface area contributed by atoms with Crippen LogP contribution in [0.25, 0.3) is 0 Å². The zero-order valence-corrected chi connectivity index (χ0v) is 18.5. The fraction of sp³-hybridized carbons (Fsp3) is 0.250. The van der Waals surface area contributed by atoms with Gasteiger partial charge in [-0.2, -0.15) is 10.5 Å². The van der Waals surface area contributed by atoms with E-state index in [4.69, 9.17) is 14.6 Å². The molecule has 168 valence electrons. The van der Waals surface area contributed by atoms with Crippen molar-refractivity contribution in [2.24, 2.45) is 0 Å². The molecule has 0 fully saturated rings. The molecule has 1 aliphatic heterocycles. The second-order valence-corrected chi connectivity index (χ2v) is 8.71. The molecule has 0 bridgehead atoms. The number of hydrogen-bond acceptors (Lipinski definition) is 5. The van der Waals surface area contributed by atoms with E-state index in [-0.39, 0.29) is 18.4 Å². The van der Waals surface area contributed by atoms with E-state index in [2.05, 4.69) is 12.1 Å². The Morgan fingerprint density at radius 3 is 2.74 bits per heavy atom. The van der Waals surface area contributed by atoms with Crippen molar-refractivity contribution < 1.29 is 19.4 Å². The number of nitrogens with zero attached hydrogens (tertiary/aromatic N) is 2. The first kappa shape index (κ1) is 21.6. The van der Waals surface area contributed by atoms with Crippen LogP contribution in [0.1, 0.15) is 63.8 Å². The lowest BCUT2D eigenvalue weighted by molar-refractivity contribution is -0.137. The third-order valence-corrected chi connectivity index (χ3v) is 6.59. The SMILES string of the molecule is N#Cc1cccc(Cc2c(C#N)ccc3c2CCC3Oc2ccc3c(c2)OCC3CC(=O)O)c1. The highest BCUT2D eigenvalue weighted by Gasteiger charge is 2.30. The molecular formula is C28H22N2O4. The quantitative estimate of drug-likeness (QED) is 0.564. The van der Waals surface area contributed by atoms with Crippen molar-refractivity contribution in [1.29, 1.82) is 10.5 Å². The number of ether oxygens (including phenoxy) is 2. The lowest BCUT2D eigenvalue weighted by atomic mass is 9.92. The van der Waals surface area contributed by atoms with E-state index in [0.717, 1.165) is 40.7 Å². The highest BCUT2D eigenvalue weighted by molar-refractivity contribution is 5.69. The maximum atomic E-state index is 11.1. The minimum Gasteiger partial charge on any atom is -0.492 e. The van der Waals surface area contributed by atoms with Gasteiger partial charge in [0.05, 0.1) is 36.3 Å². The highest BCUT2D eigenvalue weighted by atomic mass is 16.5. The van der Waals surface area contributed by atoms with Crippen LogP contribution in [-0.2, 0) is 17.6 Å². The number of hydrogen-bond donors (Lipinski definition) is 1. The Kier molecular flexibility index (Phi) is 5.65. The normalized spacial score (nSPS) is 17.7. The van der Waals surface area contributed by atoms with E-state index in [9.17, 15) is 15.3 Å². The third-order valence-electron chi connectivity index (χ3n) is 6.59. The first-order chi connectivity index (χ1) is 16.6. The predicted octanol–water partition coefficient (Wildman–Crippen LogP) is 5.04. The summed E-state index contributed by atoms with van der Waals surface area (Å²) in [4.78, 5) is 11.1. The second-order valence-electron chi connectivity index (χ2n) is 8.71. The fourth-order valence-corrected chi connectivity index (χ4v) is 5.00. The predicted molar refractivity (Wildman–Crippen MR) is 124 cm³/mol. The van der Waals surface area contributed by atoms with Gasteiger partial charge in [0.1, 0.15) is 17.6 Å². The summed E-state index contributed by atoms with van der Waals surface area (Å²) in [6, 6.07) is 21.4. The number of benzene rings is 3. The van der Waals surface area contributed by atoms with Gasteiger partial charge in [0, 0.05) is 17.5 Å². The zero-order chi connectivity index (χ0) is 23.7. The van der Waals surface area contributed by atoms with Gasteiger partial charge in [-0.1, -0.05) is 24.3 Å². The van der Waals surface area contributed by atoms with Gasteiger partial charge in [0.2, 0.25) is 0 Å². The number of rotatable bonds is 6. The van der Waals surface area contributed by atoms with Crippen LogP contribution in [0.5, 0.6) is 11.5 Å². The van der Waals surface area contributed by atoms with Gasteiger partial charge >= 0.3 is 5.97 Å².